The first kappa shape index (κ1) is 25.1. The van der Waals surface area contributed by atoms with Gasteiger partial charge in [0, 0.05) is 14.2 Å². The maximum absolute atomic E-state index is 5.22. The third-order valence-corrected chi connectivity index (χ3v) is 5.40. The number of rotatable bonds is 9. The van der Waals surface area contributed by atoms with Gasteiger partial charge >= 0.3 is 0 Å². The Morgan fingerprint density at radius 1 is 0.897 bits per heavy atom. The normalized spacial score (nSPS) is 19.6. The van der Waals surface area contributed by atoms with E-state index >= 15 is 0 Å². The van der Waals surface area contributed by atoms with Crippen molar-refractivity contribution < 1.29 is 9.47 Å². The van der Waals surface area contributed by atoms with Crippen LogP contribution in [0.3, 0.4) is 0 Å². The number of hydrogen-bond donors (Lipinski definition) is 0. The molecule has 0 spiro atoms. The smallest absolute Gasteiger partial charge is 0.179 e. The number of methoxy groups -OCH3 is 2. The fourth-order valence-electron chi connectivity index (χ4n) is 3.65. The van der Waals surface area contributed by atoms with E-state index in [1.165, 1.54) is 41.6 Å². The summed E-state index contributed by atoms with van der Waals surface area (Å²) >= 11 is 0. The van der Waals surface area contributed by atoms with Crippen molar-refractivity contribution in [3.8, 4) is 0 Å². The van der Waals surface area contributed by atoms with Crippen molar-refractivity contribution in [3.05, 3.63) is 82.5 Å². The zero-order valence-corrected chi connectivity index (χ0v) is 19.7. The minimum absolute atomic E-state index is 0.287. The van der Waals surface area contributed by atoms with E-state index in [0.29, 0.717) is 5.41 Å². The molecule has 0 N–H and O–H groups in total. The lowest BCUT2D eigenvalue weighted by atomic mass is 9.72. The van der Waals surface area contributed by atoms with E-state index < -0.39 is 0 Å². The SMILES string of the molecule is COC(OC)/C(C)=C/C=C/C=C(C)/C=C/C=C(C)/C=C/C1=C(C)CCCC1(C)C. The fourth-order valence-corrected chi connectivity index (χ4v) is 3.65. The van der Waals surface area contributed by atoms with E-state index in [0.717, 1.165) is 5.57 Å². The first-order valence-corrected chi connectivity index (χ1v) is 10.5. The highest BCUT2D eigenvalue weighted by atomic mass is 16.7. The van der Waals surface area contributed by atoms with Crippen LogP contribution in [0.4, 0.5) is 0 Å². The summed E-state index contributed by atoms with van der Waals surface area (Å²) in [7, 11) is 3.28. The summed E-state index contributed by atoms with van der Waals surface area (Å²) < 4.78 is 10.4. The zero-order chi connectivity index (χ0) is 21.9. The van der Waals surface area contributed by atoms with Crippen LogP contribution >= 0.6 is 0 Å². The molecule has 0 heterocycles. The Hall–Kier alpha value is -1.90. The third kappa shape index (κ3) is 8.97. The van der Waals surface area contributed by atoms with Crippen LogP contribution in [0.25, 0.3) is 0 Å². The van der Waals surface area contributed by atoms with Crippen molar-refractivity contribution in [2.75, 3.05) is 14.2 Å². The highest BCUT2D eigenvalue weighted by Gasteiger charge is 2.26. The van der Waals surface area contributed by atoms with Gasteiger partial charge in [-0.2, -0.15) is 0 Å². The Kier molecular flexibility index (Phi) is 10.9. The van der Waals surface area contributed by atoms with E-state index in [1.54, 1.807) is 14.2 Å². The van der Waals surface area contributed by atoms with Crippen LogP contribution in [-0.2, 0) is 9.47 Å². The summed E-state index contributed by atoms with van der Waals surface area (Å²) in [4.78, 5) is 0. The molecular formula is C27H40O2. The summed E-state index contributed by atoms with van der Waals surface area (Å²) in [5.74, 6) is 0. The second kappa shape index (κ2) is 12.6. The molecule has 0 aliphatic heterocycles. The van der Waals surface area contributed by atoms with Gasteiger partial charge in [0.25, 0.3) is 0 Å². The molecule has 2 heteroatoms. The van der Waals surface area contributed by atoms with E-state index in [1.807, 2.05) is 25.2 Å². The molecular weight excluding hydrogens is 356 g/mol. The minimum atomic E-state index is -0.287. The molecule has 29 heavy (non-hydrogen) atoms. The molecule has 0 aromatic heterocycles. The molecule has 1 aliphatic carbocycles. The van der Waals surface area contributed by atoms with Gasteiger partial charge in [0.05, 0.1) is 0 Å². The molecule has 0 bridgehead atoms. The van der Waals surface area contributed by atoms with E-state index in [-0.39, 0.29) is 6.29 Å². The predicted octanol–water partition coefficient (Wildman–Crippen LogP) is 7.64. The van der Waals surface area contributed by atoms with Gasteiger partial charge in [-0.1, -0.05) is 85.3 Å². The van der Waals surface area contributed by atoms with Gasteiger partial charge in [-0.25, -0.2) is 0 Å². The van der Waals surface area contributed by atoms with Crippen LogP contribution < -0.4 is 0 Å². The minimum Gasteiger partial charge on any atom is -0.352 e. The van der Waals surface area contributed by atoms with Crippen molar-refractivity contribution in [1.29, 1.82) is 0 Å². The molecule has 2 nitrogen and oxygen atoms in total. The van der Waals surface area contributed by atoms with Crippen molar-refractivity contribution in [2.45, 2.75) is 67.1 Å². The Morgan fingerprint density at radius 2 is 1.48 bits per heavy atom. The van der Waals surface area contributed by atoms with Gasteiger partial charge in [0.1, 0.15) is 0 Å². The molecule has 0 aromatic rings. The summed E-state index contributed by atoms with van der Waals surface area (Å²) in [6.07, 6.45) is 22.6. The summed E-state index contributed by atoms with van der Waals surface area (Å²) in [6, 6.07) is 0. The van der Waals surface area contributed by atoms with E-state index in [4.69, 9.17) is 9.47 Å². The van der Waals surface area contributed by atoms with Gasteiger partial charge in [-0.05, 0) is 63.5 Å². The molecule has 1 rings (SSSR count). The molecule has 0 saturated carbocycles. The molecule has 160 valence electrons. The fraction of sp³-hybridized carbons (Fsp3) is 0.481. The molecule has 0 unspecified atom stereocenters. The lowest BCUT2D eigenvalue weighted by Crippen LogP contribution is -2.19. The van der Waals surface area contributed by atoms with Crippen LogP contribution in [-0.4, -0.2) is 20.5 Å². The van der Waals surface area contributed by atoms with Crippen LogP contribution in [0.2, 0.25) is 0 Å². The number of hydrogen-bond acceptors (Lipinski definition) is 2. The molecule has 0 aromatic carbocycles. The maximum atomic E-state index is 5.22. The standard InChI is InChI=1S/C27H40O2/c1-21(13-9-10-16-24(4)26(28-7)29-8)14-11-15-22(2)18-19-25-23(3)17-12-20-27(25,5)6/h9-11,13-16,18-19,26H,12,17,20H2,1-8H3/b10-9+,14-11+,19-18+,21-13+,22-15+,24-16+. The predicted molar refractivity (Wildman–Crippen MR) is 127 cm³/mol. The Balaban J connectivity index is 2.68. The largest absolute Gasteiger partial charge is 0.352 e. The summed E-state index contributed by atoms with van der Waals surface area (Å²) in [5.41, 5.74) is 6.83. The monoisotopic (exact) mass is 396 g/mol. The number of allylic oxidation sites excluding steroid dienone is 13. The van der Waals surface area contributed by atoms with Crippen LogP contribution in [0.5, 0.6) is 0 Å². The molecule has 0 fully saturated rings. The van der Waals surface area contributed by atoms with Gasteiger partial charge in [0.15, 0.2) is 6.29 Å². The first-order valence-electron chi connectivity index (χ1n) is 10.5. The summed E-state index contributed by atoms with van der Waals surface area (Å²) in [5, 5.41) is 0. The average molecular weight is 397 g/mol. The Morgan fingerprint density at radius 3 is 2.10 bits per heavy atom. The molecule has 0 radical (unpaired) electrons. The Bertz CT molecular complexity index is 732. The van der Waals surface area contributed by atoms with Crippen molar-refractivity contribution in [2.24, 2.45) is 5.41 Å². The van der Waals surface area contributed by atoms with Crippen LogP contribution in [0, 0.1) is 5.41 Å². The van der Waals surface area contributed by atoms with Gasteiger partial charge in [-0.15, -0.1) is 0 Å². The molecule has 1 aliphatic rings. The quantitative estimate of drug-likeness (QED) is 0.294. The third-order valence-electron chi connectivity index (χ3n) is 5.40. The van der Waals surface area contributed by atoms with E-state index in [9.17, 15) is 0 Å². The lowest BCUT2D eigenvalue weighted by molar-refractivity contribution is -0.0746. The number of ether oxygens (including phenoxy) is 2. The van der Waals surface area contributed by atoms with Gasteiger partial charge in [-0.3, -0.25) is 0 Å². The second-order valence-corrected chi connectivity index (χ2v) is 8.54. The van der Waals surface area contributed by atoms with Crippen molar-refractivity contribution in [3.63, 3.8) is 0 Å². The first-order chi connectivity index (χ1) is 13.7. The average Bonchev–Trinajstić information content (AvgIpc) is 2.65. The Labute approximate surface area is 179 Å². The molecule has 0 amide bonds. The van der Waals surface area contributed by atoms with Crippen molar-refractivity contribution in [1.82, 2.24) is 0 Å². The topological polar surface area (TPSA) is 18.5 Å². The molecule has 0 atom stereocenters. The maximum Gasteiger partial charge on any atom is 0.179 e. The van der Waals surface area contributed by atoms with Crippen LogP contribution in [0.1, 0.15) is 60.8 Å². The lowest BCUT2D eigenvalue weighted by Gasteiger charge is -2.32. The van der Waals surface area contributed by atoms with Gasteiger partial charge in [0.2, 0.25) is 0 Å². The van der Waals surface area contributed by atoms with Gasteiger partial charge < -0.3 is 9.47 Å². The molecule has 0 saturated heterocycles. The van der Waals surface area contributed by atoms with Crippen LogP contribution in [0.15, 0.2) is 82.5 Å². The summed E-state index contributed by atoms with van der Waals surface area (Å²) in [6.45, 7) is 13.2. The van der Waals surface area contributed by atoms with Crippen molar-refractivity contribution >= 4 is 0 Å². The zero-order valence-electron chi connectivity index (χ0n) is 19.7. The second-order valence-electron chi connectivity index (χ2n) is 8.54. The highest BCUT2D eigenvalue weighted by molar-refractivity contribution is 5.37. The van der Waals surface area contributed by atoms with E-state index in [2.05, 4.69) is 71.1 Å². The highest BCUT2D eigenvalue weighted by Crippen LogP contribution is 2.40.